The number of carbonyl (C=O) groups excluding carboxylic acids is 1. The van der Waals surface area contributed by atoms with Crippen LogP contribution in [0.25, 0.3) is 22.2 Å². The van der Waals surface area contributed by atoms with E-state index in [1.165, 1.54) is 4.80 Å². The number of nitrogens with zero attached hydrogens (tertiary/aromatic N) is 5. The summed E-state index contributed by atoms with van der Waals surface area (Å²) in [5, 5.41) is 18.6. The van der Waals surface area contributed by atoms with E-state index in [4.69, 9.17) is 0 Å². The van der Waals surface area contributed by atoms with E-state index in [9.17, 15) is 4.79 Å². The third-order valence-corrected chi connectivity index (χ3v) is 4.29. The van der Waals surface area contributed by atoms with Crippen molar-refractivity contribution < 1.29 is 4.79 Å². The number of aromatic nitrogens is 4. The van der Waals surface area contributed by atoms with Crippen LogP contribution < -0.4 is 5.43 Å². The lowest BCUT2D eigenvalue weighted by Crippen LogP contribution is -2.25. The van der Waals surface area contributed by atoms with Gasteiger partial charge in [-0.05, 0) is 34.5 Å². The van der Waals surface area contributed by atoms with E-state index in [1.807, 2.05) is 73.7 Å². The fraction of sp³-hybridized carbons (Fsp3) is 0.0952. The minimum absolute atomic E-state index is 0.0612. The molecule has 138 valence electrons. The SMILES string of the molecule is CC(=NNC(=O)Cn1nnc(-c2ccccc2)n1)c1ccc2ccccc2c1. The Morgan fingerprint density at radius 1 is 1.00 bits per heavy atom. The summed E-state index contributed by atoms with van der Waals surface area (Å²) in [6.45, 7) is 1.79. The zero-order valence-corrected chi connectivity index (χ0v) is 15.3. The molecule has 0 aliphatic rings. The fourth-order valence-corrected chi connectivity index (χ4v) is 2.80. The molecule has 0 atom stereocenters. The van der Waals surface area contributed by atoms with Crippen LogP contribution in [0.15, 0.2) is 77.9 Å². The highest BCUT2D eigenvalue weighted by Crippen LogP contribution is 2.16. The summed E-state index contributed by atoms with van der Waals surface area (Å²) in [6, 6.07) is 23.7. The molecule has 0 aliphatic heterocycles. The number of hydrogen-bond donors (Lipinski definition) is 1. The number of amides is 1. The fourth-order valence-electron chi connectivity index (χ4n) is 2.80. The Morgan fingerprint density at radius 2 is 1.75 bits per heavy atom. The molecular weight excluding hydrogens is 352 g/mol. The van der Waals surface area contributed by atoms with E-state index in [1.54, 1.807) is 0 Å². The van der Waals surface area contributed by atoms with E-state index in [0.717, 1.165) is 27.6 Å². The smallest absolute Gasteiger partial charge is 0.263 e. The van der Waals surface area contributed by atoms with Crippen LogP contribution >= 0.6 is 0 Å². The Kier molecular flexibility index (Phi) is 4.88. The molecule has 4 rings (SSSR count). The zero-order valence-electron chi connectivity index (χ0n) is 15.3. The largest absolute Gasteiger partial charge is 0.271 e. The minimum Gasteiger partial charge on any atom is -0.271 e. The lowest BCUT2D eigenvalue weighted by Gasteiger charge is -2.04. The standard InChI is InChI=1S/C21H18N6O/c1-15(18-12-11-16-7-5-6-10-19(16)13-18)22-23-20(28)14-27-25-21(24-26-27)17-8-3-2-4-9-17/h2-13H,14H2,1H3,(H,23,28). The van der Waals surface area contributed by atoms with Gasteiger partial charge in [0.05, 0.1) is 5.71 Å². The maximum Gasteiger partial charge on any atom is 0.263 e. The third-order valence-electron chi connectivity index (χ3n) is 4.29. The number of hydrazone groups is 1. The van der Waals surface area contributed by atoms with Crippen LogP contribution in [-0.2, 0) is 11.3 Å². The van der Waals surface area contributed by atoms with Crippen molar-refractivity contribution in [1.82, 2.24) is 25.6 Å². The average Bonchev–Trinajstić information content (AvgIpc) is 3.20. The molecule has 4 aromatic rings. The second kappa shape index (κ2) is 7.79. The maximum atomic E-state index is 12.2. The van der Waals surface area contributed by atoms with Crippen LogP contribution in [0.4, 0.5) is 0 Å². The molecule has 0 saturated carbocycles. The number of carbonyl (C=O) groups is 1. The van der Waals surface area contributed by atoms with Gasteiger partial charge in [-0.25, -0.2) is 5.43 Å². The van der Waals surface area contributed by atoms with E-state index in [0.29, 0.717) is 5.82 Å². The highest BCUT2D eigenvalue weighted by Gasteiger charge is 2.09. The van der Waals surface area contributed by atoms with Gasteiger partial charge in [0.1, 0.15) is 6.54 Å². The summed E-state index contributed by atoms with van der Waals surface area (Å²) < 4.78 is 0. The number of nitrogens with one attached hydrogen (secondary N) is 1. The zero-order chi connectivity index (χ0) is 19.3. The Morgan fingerprint density at radius 3 is 2.57 bits per heavy atom. The first-order chi connectivity index (χ1) is 13.7. The van der Waals surface area contributed by atoms with Crippen molar-refractivity contribution in [2.75, 3.05) is 0 Å². The first-order valence-corrected chi connectivity index (χ1v) is 8.84. The summed E-state index contributed by atoms with van der Waals surface area (Å²) in [7, 11) is 0. The van der Waals surface area contributed by atoms with Gasteiger partial charge in [0.25, 0.3) is 5.91 Å². The normalized spacial score (nSPS) is 11.5. The van der Waals surface area contributed by atoms with Crippen LogP contribution in [0.1, 0.15) is 12.5 Å². The Bertz CT molecular complexity index is 1150. The van der Waals surface area contributed by atoms with E-state index < -0.39 is 0 Å². The van der Waals surface area contributed by atoms with Crippen LogP contribution in [0.2, 0.25) is 0 Å². The second-order valence-corrected chi connectivity index (χ2v) is 6.30. The van der Waals surface area contributed by atoms with Gasteiger partial charge in [0.15, 0.2) is 0 Å². The highest BCUT2D eigenvalue weighted by atomic mass is 16.2. The van der Waals surface area contributed by atoms with Crippen molar-refractivity contribution in [1.29, 1.82) is 0 Å². The molecule has 0 fully saturated rings. The summed E-state index contributed by atoms with van der Waals surface area (Å²) in [5.74, 6) is 0.154. The van der Waals surface area contributed by atoms with Crippen LogP contribution in [0.3, 0.4) is 0 Å². The summed E-state index contributed by atoms with van der Waals surface area (Å²) in [6.07, 6.45) is 0. The molecule has 1 aromatic heterocycles. The van der Waals surface area contributed by atoms with Crippen molar-refractivity contribution in [2.45, 2.75) is 13.5 Å². The van der Waals surface area contributed by atoms with Crippen molar-refractivity contribution >= 4 is 22.4 Å². The van der Waals surface area contributed by atoms with Gasteiger partial charge < -0.3 is 0 Å². The van der Waals surface area contributed by atoms with Gasteiger partial charge in [0, 0.05) is 5.56 Å². The Balaban J connectivity index is 1.41. The van der Waals surface area contributed by atoms with Gasteiger partial charge in [-0.3, -0.25) is 4.79 Å². The molecule has 0 unspecified atom stereocenters. The van der Waals surface area contributed by atoms with Crippen molar-refractivity contribution in [3.05, 3.63) is 78.4 Å². The monoisotopic (exact) mass is 370 g/mol. The third kappa shape index (κ3) is 3.93. The molecule has 28 heavy (non-hydrogen) atoms. The first-order valence-electron chi connectivity index (χ1n) is 8.84. The molecule has 7 nitrogen and oxygen atoms in total. The molecule has 1 heterocycles. The highest BCUT2D eigenvalue weighted by molar-refractivity contribution is 6.02. The van der Waals surface area contributed by atoms with Crippen LogP contribution in [-0.4, -0.2) is 31.8 Å². The number of hydrogen-bond acceptors (Lipinski definition) is 5. The molecule has 3 aromatic carbocycles. The van der Waals surface area contributed by atoms with Crippen LogP contribution in [0, 0.1) is 0 Å². The molecule has 7 heteroatoms. The number of tetrazole rings is 1. The van der Waals surface area contributed by atoms with Crippen LogP contribution in [0.5, 0.6) is 0 Å². The number of fused-ring (bicyclic) bond motifs is 1. The molecule has 0 bridgehead atoms. The molecule has 0 spiro atoms. The van der Waals surface area contributed by atoms with Gasteiger partial charge >= 0.3 is 0 Å². The molecule has 0 radical (unpaired) electrons. The van der Waals surface area contributed by atoms with Crippen molar-refractivity contribution in [3.63, 3.8) is 0 Å². The molecule has 1 amide bonds. The quantitative estimate of drug-likeness (QED) is 0.432. The minimum atomic E-state index is -0.322. The molecule has 0 saturated heterocycles. The van der Waals surface area contributed by atoms with E-state index >= 15 is 0 Å². The average molecular weight is 370 g/mol. The predicted molar refractivity (Wildman–Crippen MR) is 108 cm³/mol. The predicted octanol–water partition coefficient (Wildman–Crippen LogP) is 3.03. The Labute approximate surface area is 161 Å². The molecule has 1 N–H and O–H groups in total. The maximum absolute atomic E-state index is 12.2. The lowest BCUT2D eigenvalue weighted by molar-refractivity contribution is -0.122. The van der Waals surface area contributed by atoms with Gasteiger partial charge in [-0.15, -0.1) is 10.2 Å². The van der Waals surface area contributed by atoms with E-state index in [-0.39, 0.29) is 12.5 Å². The van der Waals surface area contributed by atoms with E-state index in [2.05, 4.69) is 32.0 Å². The summed E-state index contributed by atoms with van der Waals surface area (Å²) in [5.41, 5.74) is 5.06. The lowest BCUT2D eigenvalue weighted by atomic mass is 10.0. The Hall–Kier alpha value is -3.87. The first kappa shape index (κ1) is 17.5. The summed E-state index contributed by atoms with van der Waals surface area (Å²) in [4.78, 5) is 13.4. The van der Waals surface area contributed by atoms with Crippen molar-refractivity contribution in [3.8, 4) is 11.4 Å². The molecular formula is C21H18N6O. The second-order valence-electron chi connectivity index (χ2n) is 6.30. The summed E-state index contributed by atoms with van der Waals surface area (Å²) >= 11 is 0. The van der Waals surface area contributed by atoms with Gasteiger partial charge in [-0.1, -0.05) is 66.7 Å². The number of rotatable bonds is 5. The van der Waals surface area contributed by atoms with Gasteiger partial charge in [-0.2, -0.15) is 9.90 Å². The van der Waals surface area contributed by atoms with Gasteiger partial charge in [0.2, 0.25) is 5.82 Å². The van der Waals surface area contributed by atoms with Crippen molar-refractivity contribution in [2.24, 2.45) is 5.10 Å². The number of benzene rings is 3. The molecule has 0 aliphatic carbocycles. The topological polar surface area (TPSA) is 85.1 Å².